The van der Waals surface area contributed by atoms with E-state index < -0.39 is 12.7 Å². The summed E-state index contributed by atoms with van der Waals surface area (Å²) in [5.74, 6) is -1.63. The maximum Gasteiger partial charge on any atom is 0.212 e. The molecule has 0 radical (unpaired) electrons. The lowest BCUT2D eigenvalue weighted by Crippen LogP contribution is -2.30. The van der Waals surface area contributed by atoms with Gasteiger partial charge in [0.25, 0.3) is 0 Å². The molecule has 2 aromatic carbocycles. The molecule has 3 rings (SSSR count). The Bertz CT molecular complexity index is 1020. The molecule has 0 bridgehead atoms. The van der Waals surface area contributed by atoms with Crippen molar-refractivity contribution >= 4 is 0 Å². The van der Waals surface area contributed by atoms with Crippen molar-refractivity contribution in [3.63, 3.8) is 0 Å². The molecule has 0 aliphatic rings. The van der Waals surface area contributed by atoms with Crippen molar-refractivity contribution in [2.24, 2.45) is 7.05 Å². The molecule has 1 heteroatoms. The van der Waals surface area contributed by atoms with E-state index in [1.165, 1.54) is 18.1 Å². The van der Waals surface area contributed by atoms with Gasteiger partial charge in [0, 0.05) is 22.7 Å². The molecule has 0 saturated carbocycles. The van der Waals surface area contributed by atoms with E-state index in [-0.39, 0.29) is 0 Å². The quantitative estimate of drug-likeness (QED) is 0.554. The zero-order valence-electron chi connectivity index (χ0n) is 18.7. The Morgan fingerprint density at radius 2 is 1.71 bits per heavy atom. The van der Waals surface area contributed by atoms with Gasteiger partial charge in [-0.2, -0.15) is 0 Å². The predicted octanol–water partition coefficient (Wildman–Crippen LogP) is 5.59. The Hall–Kier alpha value is -2.41. The first kappa shape index (κ1) is 12.0. The van der Waals surface area contributed by atoms with Crippen molar-refractivity contribution in [1.29, 1.82) is 0 Å². The second kappa shape index (κ2) is 6.60. The van der Waals surface area contributed by atoms with Gasteiger partial charge in [-0.25, -0.2) is 4.57 Å². The summed E-state index contributed by atoms with van der Waals surface area (Å²) >= 11 is 0. The first-order valence-electron chi connectivity index (χ1n) is 10.2. The molecule has 0 aliphatic carbocycles. The van der Waals surface area contributed by atoms with E-state index in [4.69, 9.17) is 5.48 Å². The number of rotatable bonds is 3. The number of aromatic nitrogens is 1. The fourth-order valence-electron chi connectivity index (χ4n) is 3.18. The van der Waals surface area contributed by atoms with E-state index in [0.717, 1.165) is 22.4 Å². The summed E-state index contributed by atoms with van der Waals surface area (Å²) in [4.78, 5) is 0. The molecule has 1 heterocycles. The SMILES string of the molecule is [2H]C([2H])([2H])C([2H])(C)c1ccc(-c2ccc(-c3ccccc3C)[n+](C)c2)cc1C. The molecule has 0 N–H and O–H groups in total. The molecule has 0 aliphatic heterocycles. The zero-order valence-corrected chi connectivity index (χ0v) is 14.7. The smallest absolute Gasteiger partial charge is 0.200 e. The van der Waals surface area contributed by atoms with E-state index in [1.54, 1.807) is 6.07 Å². The Morgan fingerprint density at radius 1 is 0.958 bits per heavy atom. The van der Waals surface area contributed by atoms with Gasteiger partial charge < -0.3 is 0 Å². The fraction of sp³-hybridized carbons (Fsp3) is 0.261. The van der Waals surface area contributed by atoms with Gasteiger partial charge in [-0.05, 0) is 54.1 Å². The van der Waals surface area contributed by atoms with Gasteiger partial charge >= 0.3 is 0 Å². The number of aryl methyl sites for hydroxylation is 3. The summed E-state index contributed by atoms with van der Waals surface area (Å²) < 4.78 is 33.5. The van der Waals surface area contributed by atoms with Crippen LogP contribution in [0.15, 0.2) is 60.8 Å². The molecular weight excluding hydrogens is 290 g/mol. The summed E-state index contributed by atoms with van der Waals surface area (Å²) in [5, 5.41) is 0. The topological polar surface area (TPSA) is 3.88 Å². The number of pyridine rings is 1. The first-order valence-corrected chi connectivity index (χ1v) is 8.19. The van der Waals surface area contributed by atoms with Crippen LogP contribution in [0.25, 0.3) is 22.4 Å². The number of benzene rings is 2. The maximum atomic E-state index is 8.35. The Balaban J connectivity index is 2.01. The molecule has 0 amide bonds. The van der Waals surface area contributed by atoms with E-state index in [2.05, 4.69) is 42.0 Å². The summed E-state index contributed by atoms with van der Waals surface area (Å²) in [6.07, 6.45) is 2.08. The lowest BCUT2D eigenvalue weighted by atomic mass is 9.94. The van der Waals surface area contributed by atoms with Crippen LogP contribution in [0.3, 0.4) is 0 Å². The van der Waals surface area contributed by atoms with Crippen LogP contribution in [0.2, 0.25) is 0 Å². The van der Waals surface area contributed by atoms with E-state index in [1.807, 2.05) is 38.2 Å². The molecule has 122 valence electrons. The minimum absolute atomic E-state index is 0.539. The fourth-order valence-corrected chi connectivity index (χ4v) is 3.18. The highest BCUT2D eigenvalue weighted by atomic mass is 14.9. The van der Waals surface area contributed by atoms with Crippen LogP contribution in [0.5, 0.6) is 0 Å². The largest absolute Gasteiger partial charge is 0.212 e. The third kappa shape index (κ3) is 3.12. The molecule has 1 nitrogen and oxygen atoms in total. The Kier molecular flexibility index (Phi) is 3.31. The summed E-state index contributed by atoms with van der Waals surface area (Å²) in [7, 11) is 2.03. The van der Waals surface area contributed by atoms with Gasteiger partial charge in [0.1, 0.15) is 7.05 Å². The summed E-state index contributed by atoms with van der Waals surface area (Å²) in [6, 6.07) is 18.1. The predicted molar refractivity (Wildman–Crippen MR) is 102 cm³/mol. The standard InChI is InChI=1S/C23H26N/c1-16(2)21-12-10-19(14-18(21)4)20-11-13-23(24(5)15-20)22-9-7-6-8-17(22)3/h6-16H,1-5H3/q+1/i1D3,16D. The van der Waals surface area contributed by atoms with Crippen molar-refractivity contribution in [2.45, 2.75) is 33.5 Å². The average Bonchev–Trinajstić information content (AvgIpc) is 2.61. The number of hydrogen-bond acceptors (Lipinski definition) is 0. The first-order chi connectivity index (χ1) is 13.0. The highest BCUT2D eigenvalue weighted by Crippen LogP contribution is 2.27. The van der Waals surface area contributed by atoms with Crippen molar-refractivity contribution in [2.75, 3.05) is 0 Å². The average molecular weight is 320 g/mol. The van der Waals surface area contributed by atoms with Gasteiger partial charge in [0.2, 0.25) is 5.69 Å². The van der Waals surface area contributed by atoms with E-state index in [0.29, 0.717) is 5.56 Å². The molecule has 1 atom stereocenters. The van der Waals surface area contributed by atoms with Gasteiger partial charge in [-0.15, -0.1) is 0 Å². The molecule has 0 spiro atoms. The molecule has 24 heavy (non-hydrogen) atoms. The van der Waals surface area contributed by atoms with Crippen molar-refractivity contribution < 1.29 is 10.1 Å². The third-order valence-electron chi connectivity index (χ3n) is 4.52. The van der Waals surface area contributed by atoms with Gasteiger partial charge in [-0.3, -0.25) is 0 Å². The highest BCUT2D eigenvalue weighted by Gasteiger charge is 2.14. The van der Waals surface area contributed by atoms with Crippen LogP contribution in [-0.4, -0.2) is 0 Å². The van der Waals surface area contributed by atoms with Gasteiger partial charge in [0.05, 0.1) is 0 Å². The molecule has 0 fully saturated rings. The van der Waals surface area contributed by atoms with E-state index in [9.17, 15) is 0 Å². The third-order valence-corrected chi connectivity index (χ3v) is 4.52. The maximum absolute atomic E-state index is 8.35. The molecule has 3 aromatic rings. The van der Waals surface area contributed by atoms with Crippen LogP contribution >= 0.6 is 0 Å². The van der Waals surface area contributed by atoms with Crippen LogP contribution < -0.4 is 4.57 Å². The molecule has 1 unspecified atom stereocenters. The van der Waals surface area contributed by atoms with Crippen LogP contribution in [-0.2, 0) is 7.05 Å². The Morgan fingerprint density at radius 3 is 2.38 bits per heavy atom. The van der Waals surface area contributed by atoms with Crippen LogP contribution in [0.4, 0.5) is 0 Å². The summed E-state index contributed by atoms with van der Waals surface area (Å²) in [6.45, 7) is 3.06. The minimum atomic E-state index is -2.37. The zero-order chi connectivity index (χ0) is 20.7. The van der Waals surface area contributed by atoms with Crippen LogP contribution in [0.1, 0.15) is 41.8 Å². The van der Waals surface area contributed by atoms with Crippen LogP contribution in [0, 0.1) is 13.8 Å². The van der Waals surface area contributed by atoms with E-state index >= 15 is 0 Å². The second-order valence-corrected chi connectivity index (χ2v) is 6.38. The van der Waals surface area contributed by atoms with Crippen molar-refractivity contribution in [3.8, 4) is 22.4 Å². The lowest BCUT2D eigenvalue weighted by Gasteiger charge is -2.11. The monoisotopic (exact) mass is 320 g/mol. The van der Waals surface area contributed by atoms with Gasteiger partial charge in [0.15, 0.2) is 6.20 Å². The Labute approximate surface area is 151 Å². The highest BCUT2D eigenvalue weighted by molar-refractivity contribution is 5.67. The molecular formula is C23H26N+. The van der Waals surface area contributed by atoms with Crippen molar-refractivity contribution in [3.05, 3.63) is 77.5 Å². The number of nitrogens with zero attached hydrogens (tertiary/aromatic N) is 1. The second-order valence-electron chi connectivity index (χ2n) is 6.38. The minimum Gasteiger partial charge on any atom is -0.200 e. The summed E-state index contributed by atoms with van der Waals surface area (Å²) in [5.41, 5.74) is 6.98. The number of hydrogen-bond donors (Lipinski definition) is 0. The molecule has 1 aromatic heterocycles. The lowest BCUT2D eigenvalue weighted by molar-refractivity contribution is -0.659. The van der Waals surface area contributed by atoms with Crippen molar-refractivity contribution in [1.82, 2.24) is 0 Å². The molecule has 0 saturated heterocycles. The normalized spacial score (nSPS) is 16.5. The van der Waals surface area contributed by atoms with Gasteiger partial charge in [-0.1, -0.05) is 50.2 Å².